The van der Waals surface area contributed by atoms with E-state index in [1.165, 1.54) is 10.9 Å². The summed E-state index contributed by atoms with van der Waals surface area (Å²) in [6, 6.07) is 7.10. The number of nitrogens with one attached hydrogen (secondary N) is 1. The first kappa shape index (κ1) is 15.2. The maximum atomic E-state index is 14.1. The Balaban J connectivity index is 2.32. The number of likely N-dealkylation sites (N-methyl/N-ethyl adjacent to an activating group) is 1. The van der Waals surface area contributed by atoms with E-state index in [1.807, 2.05) is 24.4 Å². The summed E-state index contributed by atoms with van der Waals surface area (Å²) in [6.07, 6.45) is 0.769. The molecule has 0 amide bonds. The molecule has 1 aromatic carbocycles. The first-order valence-electron chi connectivity index (χ1n) is 6.02. The Labute approximate surface area is 133 Å². The van der Waals surface area contributed by atoms with Gasteiger partial charge in [-0.1, -0.05) is 28.9 Å². The second-order valence-electron chi connectivity index (χ2n) is 4.14. The maximum absolute atomic E-state index is 14.1. The lowest BCUT2D eigenvalue weighted by Crippen LogP contribution is -2.24. The van der Waals surface area contributed by atoms with Crippen LogP contribution in [0.1, 0.15) is 23.4 Å². The fraction of sp³-hybridized carbons (Fsp3) is 0.286. The van der Waals surface area contributed by atoms with Crippen LogP contribution in [0.15, 0.2) is 38.6 Å². The van der Waals surface area contributed by atoms with Gasteiger partial charge in [0, 0.05) is 31.8 Å². The Hall–Kier alpha value is -0.230. The quantitative estimate of drug-likeness (QED) is 0.709. The summed E-state index contributed by atoms with van der Waals surface area (Å²) in [4.78, 5) is 1.22. The molecule has 1 aromatic heterocycles. The molecule has 0 saturated heterocycles. The molecule has 0 aliphatic rings. The molecule has 0 radical (unpaired) electrons. The number of thiophene rings is 1. The minimum absolute atomic E-state index is 0.0319. The van der Waals surface area contributed by atoms with Crippen molar-refractivity contribution < 1.29 is 4.39 Å². The summed E-state index contributed by atoms with van der Waals surface area (Å²) in [7, 11) is 0. The van der Waals surface area contributed by atoms with Crippen LogP contribution < -0.4 is 5.32 Å². The van der Waals surface area contributed by atoms with Gasteiger partial charge < -0.3 is 5.32 Å². The Morgan fingerprint density at radius 1 is 1.26 bits per heavy atom. The van der Waals surface area contributed by atoms with Crippen LogP contribution in [-0.2, 0) is 6.42 Å². The van der Waals surface area contributed by atoms with E-state index in [9.17, 15) is 4.39 Å². The van der Waals surface area contributed by atoms with Crippen LogP contribution in [0.5, 0.6) is 0 Å². The standard InChI is InChI=1S/C14H14Br2FNS/c1-2-18-12(8-13-9(15)6-7-19-13)14-10(16)4-3-5-11(14)17/h3-7,12,18H,2,8H2,1H3. The largest absolute Gasteiger partial charge is 0.310 e. The molecule has 0 spiro atoms. The van der Waals surface area contributed by atoms with Gasteiger partial charge in [-0.3, -0.25) is 0 Å². The van der Waals surface area contributed by atoms with Gasteiger partial charge >= 0.3 is 0 Å². The molecule has 0 fully saturated rings. The zero-order valence-corrected chi connectivity index (χ0v) is 14.4. The fourth-order valence-electron chi connectivity index (χ4n) is 2.02. The predicted octanol–water partition coefficient (Wildman–Crippen LogP) is 5.31. The van der Waals surface area contributed by atoms with Gasteiger partial charge in [0.25, 0.3) is 0 Å². The molecule has 2 rings (SSSR count). The van der Waals surface area contributed by atoms with Crippen LogP contribution in [0, 0.1) is 5.82 Å². The number of halogens is 3. The molecule has 0 saturated carbocycles. The summed E-state index contributed by atoms with van der Waals surface area (Å²) < 4.78 is 16.0. The Morgan fingerprint density at radius 3 is 2.63 bits per heavy atom. The van der Waals surface area contributed by atoms with E-state index in [4.69, 9.17) is 0 Å². The first-order valence-corrected chi connectivity index (χ1v) is 8.49. The van der Waals surface area contributed by atoms with Crippen molar-refractivity contribution in [2.45, 2.75) is 19.4 Å². The SMILES string of the molecule is CCNC(Cc1sccc1Br)c1c(F)cccc1Br. The van der Waals surface area contributed by atoms with Crippen molar-refractivity contribution >= 4 is 43.2 Å². The van der Waals surface area contributed by atoms with E-state index in [1.54, 1.807) is 17.4 Å². The molecule has 19 heavy (non-hydrogen) atoms. The molecular formula is C14H14Br2FNS. The lowest BCUT2D eigenvalue weighted by atomic mass is 10.0. The predicted molar refractivity (Wildman–Crippen MR) is 86.2 cm³/mol. The van der Waals surface area contributed by atoms with E-state index in [2.05, 4.69) is 37.2 Å². The second kappa shape index (κ2) is 6.97. The zero-order valence-electron chi connectivity index (χ0n) is 10.4. The van der Waals surface area contributed by atoms with Crippen molar-refractivity contribution in [3.05, 3.63) is 54.8 Å². The molecule has 1 unspecified atom stereocenters. The first-order chi connectivity index (χ1) is 9.13. The van der Waals surface area contributed by atoms with Crippen molar-refractivity contribution in [2.75, 3.05) is 6.54 Å². The van der Waals surface area contributed by atoms with Crippen molar-refractivity contribution in [1.82, 2.24) is 5.32 Å². The maximum Gasteiger partial charge on any atom is 0.129 e. The molecule has 0 aliphatic carbocycles. The zero-order chi connectivity index (χ0) is 13.8. The minimum Gasteiger partial charge on any atom is -0.310 e. The highest BCUT2D eigenvalue weighted by molar-refractivity contribution is 9.10. The lowest BCUT2D eigenvalue weighted by molar-refractivity contribution is 0.509. The number of hydrogen-bond donors (Lipinski definition) is 1. The third-order valence-electron chi connectivity index (χ3n) is 2.88. The third-order valence-corrected chi connectivity index (χ3v) is 5.52. The molecule has 0 bridgehead atoms. The molecule has 1 atom stereocenters. The average molecular weight is 407 g/mol. The highest BCUT2D eigenvalue weighted by atomic mass is 79.9. The summed E-state index contributed by atoms with van der Waals surface area (Å²) in [5.74, 6) is -0.173. The van der Waals surface area contributed by atoms with Crippen LogP contribution >= 0.6 is 43.2 Å². The Morgan fingerprint density at radius 2 is 2.05 bits per heavy atom. The summed E-state index contributed by atoms with van der Waals surface area (Å²) in [5.41, 5.74) is 0.699. The summed E-state index contributed by atoms with van der Waals surface area (Å²) in [5, 5.41) is 5.40. The van der Waals surface area contributed by atoms with Crippen molar-refractivity contribution in [1.29, 1.82) is 0 Å². The van der Waals surface area contributed by atoms with Crippen LogP contribution in [0.4, 0.5) is 4.39 Å². The van der Waals surface area contributed by atoms with Crippen molar-refractivity contribution in [3.63, 3.8) is 0 Å². The lowest BCUT2D eigenvalue weighted by Gasteiger charge is -2.20. The molecule has 2 aromatic rings. The molecule has 5 heteroatoms. The van der Waals surface area contributed by atoms with Crippen LogP contribution in [0.3, 0.4) is 0 Å². The topological polar surface area (TPSA) is 12.0 Å². The minimum atomic E-state index is -0.173. The Kier molecular flexibility index (Phi) is 5.57. The van der Waals surface area contributed by atoms with E-state index in [-0.39, 0.29) is 11.9 Å². The normalized spacial score (nSPS) is 12.6. The fourth-order valence-corrected chi connectivity index (χ4v) is 4.20. The van der Waals surface area contributed by atoms with Gasteiger partial charge in [0.05, 0.1) is 0 Å². The van der Waals surface area contributed by atoms with Gasteiger partial charge in [0.15, 0.2) is 0 Å². The summed E-state index contributed by atoms with van der Waals surface area (Å²) in [6.45, 7) is 2.83. The van der Waals surface area contributed by atoms with Gasteiger partial charge in [0.1, 0.15) is 5.82 Å². The Bertz CT molecular complexity index is 536. The van der Waals surface area contributed by atoms with Crippen LogP contribution in [0.25, 0.3) is 0 Å². The molecule has 1 nitrogen and oxygen atoms in total. The second-order valence-corrected chi connectivity index (χ2v) is 6.85. The molecule has 0 aliphatic heterocycles. The van der Waals surface area contributed by atoms with Crippen LogP contribution in [-0.4, -0.2) is 6.54 Å². The monoisotopic (exact) mass is 405 g/mol. The number of hydrogen-bond acceptors (Lipinski definition) is 2. The highest BCUT2D eigenvalue weighted by Crippen LogP contribution is 2.32. The van der Waals surface area contributed by atoms with Crippen LogP contribution in [0.2, 0.25) is 0 Å². The smallest absolute Gasteiger partial charge is 0.129 e. The summed E-state index contributed by atoms with van der Waals surface area (Å²) >= 11 is 8.67. The number of benzene rings is 1. The van der Waals surface area contributed by atoms with E-state index >= 15 is 0 Å². The van der Waals surface area contributed by atoms with Crippen molar-refractivity contribution in [2.24, 2.45) is 0 Å². The van der Waals surface area contributed by atoms with Gasteiger partial charge in [-0.15, -0.1) is 11.3 Å². The molecule has 1 N–H and O–H groups in total. The number of rotatable bonds is 5. The van der Waals surface area contributed by atoms with Gasteiger partial charge in [0.2, 0.25) is 0 Å². The van der Waals surface area contributed by atoms with Gasteiger partial charge in [-0.25, -0.2) is 4.39 Å². The third kappa shape index (κ3) is 3.66. The van der Waals surface area contributed by atoms with E-state index < -0.39 is 0 Å². The molecular weight excluding hydrogens is 393 g/mol. The van der Waals surface area contributed by atoms with E-state index in [0.29, 0.717) is 5.56 Å². The average Bonchev–Trinajstić information content (AvgIpc) is 2.75. The molecule has 102 valence electrons. The van der Waals surface area contributed by atoms with Gasteiger partial charge in [-0.05, 0) is 46.1 Å². The highest BCUT2D eigenvalue weighted by Gasteiger charge is 2.19. The molecule has 1 heterocycles. The van der Waals surface area contributed by atoms with Gasteiger partial charge in [-0.2, -0.15) is 0 Å². The van der Waals surface area contributed by atoms with E-state index in [0.717, 1.165) is 21.9 Å². The van der Waals surface area contributed by atoms with Crippen molar-refractivity contribution in [3.8, 4) is 0 Å².